The molecule has 1 saturated heterocycles. The van der Waals surface area contributed by atoms with Gasteiger partial charge >= 0.3 is 6.18 Å². The molecule has 2 aliphatic rings. The molecular formula is C28H36F4N4O3Si. The average Bonchev–Trinajstić information content (AvgIpc) is 3.26. The lowest BCUT2D eigenvalue weighted by molar-refractivity contribution is -0.145. The molecule has 2 aliphatic heterocycles. The van der Waals surface area contributed by atoms with E-state index in [1.54, 1.807) is 12.1 Å². The highest BCUT2D eigenvalue weighted by molar-refractivity contribution is 6.76. The molecule has 1 N–H and O–H groups in total. The van der Waals surface area contributed by atoms with Crippen molar-refractivity contribution in [3.05, 3.63) is 53.6 Å². The van der Waals surface area contributed by atoms with E-state index >= 15 is 0 Å². The second-order valence-electron chi connectivity index (χ2n) is 11.8. The van der Waals surface area contributed by atoms with E-state index in [0.29, 0.717) is 49.7 Å². The fourth-order valence-corrected chi connectivity index (χ4v) is 6.10. The molecule has 4 heterocycles. The van der Waals surface area contributed by atoms with Gasteiger partial charge in [-0.3, -0.25) is 9.47 Å². The normalized spacial score (nSPS) is 22.2. The lowest BCUT2D eigenvalue weighted by atomic mass is 9.93. The average molecular weight is 581 g/mol. The molecule has 1 aromatic carbocycles. The number of anilines is 1. The SMILES string of the molecule is C[C@@H]1CN([C@H]2COc3cc(F)ccc3[C@@H]2Nc2ccnc3c2cc(C(F)(F)F)n3COCC[Si](C)(C)C)CCO1. The standard InChI is InChI=1S/C28H36F4N4O3Si/c1-18-15-35(9-10-38-18)23-16-39-24-13-19(29)5-6-20(24)26(23)34-22-7-8-33-27-21(22)14-25(28(30,31)32)36(27)17-37-11-12-40(2,3)4/h5-8,13-14,18,23,26H,9-12,15-17H2,1-4H3,(H,33,34)/t18-,23+,26+/m1/s1. The van der Waals surface area contributed by atoms with Gasteiger partial charge in [-0.05, 0) is 31.2 Å². The van der Waals surface area contributed by atoms with E-state index < -0.39 is 25.8 Å². The minimum atomic E-state index is -4.59. The summed E-state index contributed by atoms with van der Waals surface area (Å²) >= 11 is 0. The Balaban J connectivity index is 1.51. The number of hydrogen-bond donors (Lipinski definition) is 1. The minimum absolute atomic E-state index is 0.0287. The van der Waals surface area contributed by atoms with Gasteiger partial charge in [0.2, 0.25) is 0 Å². The zero-order valence-electron chi connectivity index (χ0n) is 23.2. The van der Waals surface area contributed by atoms with Gasteiger partial charge in [-0.1, -0.05) is 25.7 Å². The molecule has 0 bridgehead atoms. The van der Waals surface area contributed by atoms with E-state index in [1.807, 2.05) is 6.92 Å². The number of aromatic nitrogens is 2. The van der Waals surface area contributed by atoms with E-state index in [0.717, 1.165) is 22.2 Å². The Labute approximate surface area is 232 Å². The number of pyridine rings is 1. The Morgan fingerprint density at radius 1 is 1.18 bits per heavy atom. The van der Waals surface area contributed by atoms with Gasteiger partial charge in [0.05, 0.1) is 24.8 Å². The van der Waals surface area contributed by atoms with Crippen LogP contribution in [-0.2, 0) is 22.4 Å². The molecule has 1 fully saturated rings. The first-order valence-electron chi connectivity index (χ1n) is 13.6. The largest absolute Gasteiger partial charge is 0.491 e. The Kier molecular flexibility index (Phi) is 8.15. The quantitative estimate of drug-likeness (QED) is 0.196. The van der Waals surface area contributed by atoms with E-state index in [-0.39, 0.29) is 30.6 Å². The van der Waals surface area contributed by atoms with Gasteiger partial charge in [0.1, 0.15) is 36.2 Å². The van der Waals surface area contributed by atoms with Crippen molar-refractivity contribution < 1.29 is 31.8 Å². The third kappa shape index (κ3) is 6.29. The molecular weight excluding hydrogens is 544 g/mol. The third-order valence-electron chi connectivity index (χ3n) is 7.46. The number of nitrogens with zero attached hydrogens (tertiary/aromatic N) is 3. The van der Waals surface area contributed by atoms with Crippen LogP contribution in [0.25, 0.3) is 11.0 Å². The fraction of sp³-hybridized carbons (Fsp3) is 0.536. The maximum absolute atomic E-state index is 14.2. The highest BCUT2D eigenvalue weighted by atomic mass is 28.3. The Morgan fingerprint density at radius 3 is 2.70 bits per heavy atom. The van der Waals surface area contributed by atoms with Gasteiger partial charge in [0.25, 0.3) is 0 Å². The molecule has 2 aromatic heterocycles. The summed E-state index contributed by atoms with van der Waals surface area (Å²) in [6, 6.07) is 7.53. The topological polar surface area (TPSA) is 60.8 Å². The van der Waals surface area contributed by atoms with Crippen LogP contribution in [0.2, 0.25) is 25.7 Å². The molecule has 0 radical (unpaired) electrons. The molecule has 3 aromatic rings. The number of fused-ring (bicyclic) bond motifs is 2. The van der Waals surface area contributed by atoms with Crippen molar-refractivity contribution in [2.24, 2.45) is 0 Å². The van der Waals surface area contributed by atoms with E-state index in [9.17, 15) is 17.6 Å². The van der Waals surface area contributed by atoms with Gasteiger partial charge in [-0.15, -0.1) is 0 Å². The Bertz CT molecular complexity index is 1340. The lowest BCUT2D eigenvalue weighted by Crippen LogP contribution is -2.54. The molecule has 0 saturated carbocycles. The monoisotopic (exact) mass is 580 g/mol. The molecule has 3 atom stereocenters. The summed E-state index contributed by atoms with van der Waals surface area (Å²) in [6.45, 7) is 10.9. The molecule has 0 unspecified atom stereocenters. The van der Waals surface area contributed by atoms with Crippen LogP contribution in [0.15, 0.2) is 36.5 Å². The summed E-state index contributed by atoms with van der Waals surface area (Å²) < 4.78 is 75.1. The van der Waals surface area contributed by atoms with E-state index in [4.69, 9.17) is 14.2 Å². The summed E-state index contributed by atoms with van der Waals surface area (Å²) in [7, 11) is -1.40. The van der Waals surface area contributed by atoms with Crippen LogP contribution < -0.4 is 10.1 Å². The van der Waals surface area contributed by atoms with Crippen molar-refractivity contribution in [1.29, 1.82) is 0 Å². The summed E-state index contributed by atoms with van der Waals surface area (Å²) in [6.07, 6.45) is -3.06. The minimum Gasteiger partial charge on any atom is -0.491 e. The highest BCUT2D eigenvalue weighted by Crippen LogP contribution is 2.41. The van der Waals surface area contributed by atoms with Gasteiger partial charge in [0, 0.05) is 56.7 Å². The first-order valence-corrected chi connectivity index (χ1v) is 17.3. The van der Waals surface area contributed by atoms with Crippen molar-refractivity contribution in [3.63, 3.8) is 0 Å². The van der Waals surface area contributed by atoms with Gasteiger partial charge in [-0.25, -0.2) is 9.37 Å². The van der Waals surface area contributed by atoms with Gasteiger partial charge < -0.3 is 19.5 Å². The third-order valence-corrected chi connectivity index (χ3v) is 9.17. The molecule has 0 aliphatic carbocycles. The van der Waals surface area contributed by atoms with Gasteiger partial charge in [-0.2, -0.15) is 13.2 Å². The zero-order valence-corrected chi connectivity index (χ0v) is 24.2. The van der Waals surface area contributed by atoms with Crippen molar-refractivity contribution in [1.82, 2.24) is 14.5 Å². The van der Waals surface area contributed by atoms with Crippen molar-refractivity contribution in [2.45, 2.75) is 63.7 Å². The molecule has 40 heavy (non-hydrogen) atoms. The number of morpholine rings is 1. The highest BCUT2D eigenvalue weighted by Gasteiger charge is 2.39. The maximum Gasteiger partial charge on any atom is 0.431 e. The van der Waals surface area contributed by atoms with Crippen LogP contribution in [0, 0.1) is 5.82 Å². The van der Waals surface area contributed by atoms with E-state index in [2.05, 4.69) is 34.8 Å². The number of halogens is 4. The molecule has 218 valence electrons. The van der Waals surface area contributed by atoms with Crippen molar-refractivity contribution in [2.75, 3.05) is 38.2 Å². The summed E-state index contributed by atoms with van der Waals surface area (Å²) in [4.78, 5) is 6.58. The molecule has 12 heteroatoms. The predicted octanol–water partition coefficient (Wildman–Crippen LogP) is 6.14. The van der Waals surface area contributed by atoms with Crippen LogP contribution >= 0.6 is 0 Å². The van der Waals surface area contributed by atoms with Crippen LogP contribution in [0.1, 0.15) is 24.2 Å². The summed E-state index contributed by atoms with van der Waals surface area (Å²) in [5.41, 5.74) is 0.621. The first-order chi connectivity index (χ1) is 18.9. The molecule has 5 rings (SSSR count). The van der Waals surface area contributed by atoms with Crippen LogP contribution in [-0.4, -0.2) is 67.6 Å². The maximum atomic E-state index is 14.2. The van der Waals surface area contributed by atoms with Crippen LogP contribution in [0.5, 0.6) is 5.75 Å². The lowest BCUT2D eigenvalue weighted by Gasteiger charge is -2.44. The van der Waals surface area contributed by atoms with Gasteiger partial charge in [0.15, 0.2) is 0 Å². The van der Waals surface area contributed by atoms with Crippen LogP contribution in [0.3, 0.4) is 0 Å². The van der Waals surface area contributed by atoms with Crippen LogP contribution in [0.4, 0.5) is 23.2 Å². The number of ether oxygens (including phenoxy) is 3. The molecule has 7 nitrogen and oxygen atoms in total. The molecule has 0 spiro atoms. The number of rotatable bonds is 8. The first kappa shape index (κ1) is 28.8. The molecule has 0 amide bonds. The number of nitrogens with one attached hydrogen (secondary N) is 1. The predicted molar refractivity (Wildman–Crippen MR) is 148 cm³/mol. The number of benzene rings is 1. The second kappa shape index (κ2) is 11.3. The fourth-order valence-electron chi connectivity index (χ4n) is 5.35. The van der Waals surface area contributed by atoms with E-state index in [1.165, 1.54) is 18.3 Å². The smallest absolute Gasteiger partial charge is 0.431 e. The Hall–Kier alpha value is -2.67. The number of hydrogen-bond acceptors (Lipinski definition) is 6. The summed E-state index contributed by atoms with van der Waals surface area (Å²) in [5.74, 6) is 0.00739. The van der Waals surface area contributed by atoms with Crippen molar-refractivity contribution >= 4 is 24.8 Å². The number of alkyl halides is 3. The second-order valence-corrected chi connectivity index (χ2v) is 17.4. The Morgan fingerprint density at radius 2 is 1.98 bits per heavy atom. The summed E-state index contributed by atoms with van der Waals surface area (Å²) in [5, 5.41) is 3.84. The van der Waals surface area contributed by atoms with Crippen molar-refractivity contribution in [3.8, 4) is 5.75 Å². The zero-order chi connectivity index (χ0) is 28.7.